The van der Waals surface area contributed by atoms with Gasteiger partial charge in [0, 0.05) is 23.3 Å². The van der Waals surface area contributed by atoms with Gasteiger partial charge in [-0.25, -0.2) is 12.7 Å². The summed E-state index contributed by atoms with van der Waals surface area (Å²) in [4.78, 5) is 12.3. The lowest BCUT2D eigenvalue weighted by atomic mass is 10.3. The van der Waals surface area contributed by atoms with Gasteiger partial charge in [-0.15, -0.1) is 0 Å². The van der Waals surface area contributed by atoms with Crippen LogP contribution in [0.2, 0.25) is 0 Å². The lowest BCUT2D eigenvalue weighted by molar-refractivity contribution is 0.0858. The fourth-order valence-corrected chi connectivity index (χ4v) is 3.94. The van der Waals surface area contributed by atoms with Crippen molar-refractivity contribution in [3.8, 4) is 0 Å². The lowest BCUT2D eigenvalue weighted by Crippen LogP contribution is -2.34. The molecule has 1 fully saturated rings. The molecule has 18 heavy (non-hydrogen) atoms. The second-order valence-electron chi connectivity index (χ2n) is 4.59. The van der Waals surface area contributed by atoms with Gasteiger partial charge in [-0.1, -0.05) is 0 Å². The molecule has 1 aromatic heterocycles. The van der Waals surface area contributed by atoms with Crippen LogP contribution in [0.4, 0.5) is 0 Å². The van der Waals surface area contributed by atoms with E-state index in [0.29, 0.717) is 12.1 Å². The zero-order valence-electron chi connectivity index (χ0n) is 10.3. The Bertz CT molecular complexity index is 577. The van der Waals surface area contributed by atoms with Crippen molar-refractivity contribution in [2.45, 2.75) is 26.3 Å². The number of sulfonamides is 1. The smallest absolute Gasteiger partial charge is 0.283 e. The van der Waals surface area contributed by atoms with Gasteiger partial charge in [0.25, 0.3) is 5.91 Å². The molecule has 0 bridgehead atoms. The zero-order chi connectivity index (χ0) is 13.5. The summed E-state index contributed by atoms with van der Waals surface area (Å²) in [6.45, 7) is 4.17. The van der Waals surface area contributed by atoms with Crippen molar-refractivity contribution < 1.29 is 13.2 Å². The van der Waals surface area contributed by atoms with Gasteiger partial charge in [-0.3, -0.25) is 4.79 Å². The molecule has 0 radical (unpaired) electrons. The first-order valence-electron chi connectivity index (χ1n) is 5.75. The Balaban J connectivity index is 2.40. The number of amides is 1. The van der Waals surface area contributed by atoms with Crippen molar-refractivity contribution >= 4 is 31.9 Å². The highest BCUT2D eigenvalue weighted by Crippen LogP contribution is 2.23. The molecule has 2 heterocycles. The molecule has 1 aromatic rings. The second kappa shape index (κ2) is 4.70. The lowest BCUT2D eigenvalue weighted by Gasteiger charge is -2.17. The summed E-state index contributed by atoms with van der Waals surface area (Å²) in [6, 6.07) is 1.76. The average Bonchev–Trinajstić information content (AvgIpc) is 2.80. The van der Waals surface area contributed by atoms with Gasteiger partial charge in [0.1, 0.15) is 5.69 Å². The molecule has 2 rings (SSSR count). The summed E-state index contributed by atoms with van der Waals surface area (Å²) in [7, 11) is -3.41. The van der Waals surface area contributed by atoms with Crippen LogP contribution in [-0.2, 0) is 10.0 Å². The third-order valence-electron chi connectivity index (χ3n) is 2.92. The standard InChI is InChI=1S/C11H15BrN2O3S/c1-8(2)13-7-9(12)6-10(13)11(15)14-4-3-5-18(14,16)17/h6-8H,3-5H2,1-2H3. The first kappa shape index (κ1) is 13.6. The van der Waals surface area contributed by atoms with Crippen LogP contribution in [-0.4, -0.2) is 35.5 Å². The van der Waals surface area contributed by atoms with Gasteiger partial charge in [-0.2, -0.15) is 0 Å². The topological polar surface area (TPSA) is 59.4 Å². The minimum Gasteiger partial charge on any atom is -0.340 e. The number of hydrogen-bond donors (Lipinski definition) is 0. The Morgan fingerprint density at radius 1 is 1.44 bits per heavy atom. The molecular formula is C11H15BrN2O3S. The highest BCUT2D eigenvalue weighted by Gasteiger charge is 2.34. The predicted molar refractivity (Wildman–Crippen MR) is 72.0 cm³/mol. The number of aromatic nitrogens is 1. The Morgan fingerprint density at radius 2 is 2.11 bits per heavy atom. The molecule has 1 aliphatic heterocycles. The van der Waals surface area contributed by atoms with Crippen LogP contribution in [0.5, 0.6) is 0 Å². The van der Waals surface area contributed by atoms with Gasteiger partial charge in [-0.05, 0) is 42.3 Å². The third-order valence-corrected chi connectivity index (χ3v) is 5.17. The minimum atomic E-state index is -3.41. The largest absolute Gasteiger partial charge is 0.340 e. The molecule has 1 saturated heterocycles. The van der Waals surface area contributed by atoms with Crippen LogP contribution in [0, 0.1) is 0 Å². The molecule has 0 spiro atoms. The Kier molecular flexibility index (Phi) is 3.55. The van der Waals surface area contributed by atoms with Gasteiger partial charge in [0.05, 0.1) is 5.75 Å². The molecule has 7 heteroatoms. The van der Waals surface area contributed by atoms with Crippen LogP contribution < -0.4 is 0 Å². The maximum Gasteiger partial charge on any atom is 0.283 e. The number of carbonyl (C=O) groups excluding carboxylic acids is 1. The van der Waals surface area contributed by atoms with Gasteiger partial charge in [0.15, 0.2) is 0 Å². The van der Waals surface area contributed by atoms with E-state index in [4.69, 9.17) is 0 Å². The molecule has 0 unspecified atom stereocenters. The van der Waals surface area contributed by atoms with Crippen LogP contribution >= 0.6 is 15.9 Å². The molecule has 0 atom stereocenters. The summed E-state index contributed by atoms with van der Waals surface area (Å²) in [5, 5.41) is 0. The van der Waals surface area contributed by atoms with Crippen LogP contribution in [0.1, 0.15) is 36.8 Å². The number of hydrogen-bond acceptors (Lipinski definition) is 3. The Hall–Kier alpha value is -0.820. The number of nitrogens with zero attached hydrogens (tertiary/aromatic N) is 2. The molecule has 0 N–H and O–H groups in total. The van der Waals surface area contributed by atoms with Crippen molar-refractivity contribution in [3.63, 3.8) is 0 Å². The molecule has 0 aliphatic carbocycles. The molecule has 1 aliphatic rings. The molecule has 0 aromatic carbocycles. The van der Waals surface area contributed by atoms with Gasteiger partial charge >= 0.3 is 0 Å². The van der Waals surface area contributed by atoms with Crippen molar-refractivity contribution in [1.29, 1.82) is 0 Å². The van der Waals surface area contributed by atoms with Crippen LogP contribution in [0.15, 0.2) is 16.7 Å². The maximum absolute atomic E-state index is 12.3. The normalized spacial score (nSPS) is 18.6. The molecule has 1 amide bonds. The molecule has 100 valence electrons. The second-order valence-corrected chi connectivity index (χ2v) is 7.52. The highest BCUT2D eigenvalue weighted by molar-refractivity contribution is 9.10. The Labute approximate surface area is 115 Å². The van der Waals surface area contributed by atoms with E-state index in [9.17, 15) is 13.2 Å². The average molecular weight is 335 g/mol. The van der Waals surface area contributed by atoms with Crippen molar-refractivity contribution in [2.75, 3.05) is 12.3 Å². The first-order chi connectivity index (χ1) is 8.33. The highest BCUT2D eigenvalue weighted by atomic mass is 79.9. The van der Waals surface area contributed by atoms with E-state index in [1.165, 1.54) is 0 Å². The summed E-state index contributed by atoms with van der Waals surface area (Å²) >= 11 is 3.32. The van der Waals surface area contributed by atoms with E-state index in [0.717, 1.165) is 8.78 Å². The summed E-state index contributed by atoms with van der Waals surface area (Å²) in [5.41, 5.74) is 0.405. The van der Waals surface area contributed by atoms with E-state index in [-0.39, 0.29) is 18.3 Å². The Morgan fingerprint density at radius 3 is 2.61 bits per heavy atom. The van der Waals surface area contributed by atoms with E-state index in [2.05, 4.69) is 15.9 Å². The summed E-state index contributed by atoms with van der Waals surface area (Å²) < 4.78 is 27.0. The van der Waals surface area contributed by atoms with Gasteiger partial charge in [0.2, 0.25) is 10.0 Å². The summed E-state index contributed by atoms with van der Waals surface area (Å²) in [5.74, 6) is -0.380. The van der Waals surface area contributed by atoms with Crippen LogP contribution in [0.25, 0.3) is 0 Å². The van der Waals surface area contributed by atoms with E-state index in [1.807, 2.05) is 13.8 Å². The van der Waals surface area contributed by atoms with Crippen molar-refractivity contribution in [3.05, 3.63) is 22.4 Å². The number of rotatable bonds is 2. The van der Waals surface area contributed by atoms with Gasteiger partial charge < -0.3 is 4.57 Å². The molecule has 5 nitrogen and oxygen atoms in total. The predicted octanol–water partition coefficient (Wildman–Crippen LogP) is 2.01. The first-order valence-corrected chi connectivity index (χ1v) is 8.15. The van der Waals surface area contributed by atoms with Crippen molar-refractivity contribution in [2.24, 2.45) is 0 Å². The SMILES string of the molecule is CC(C)n1cc(Br)cc1C(=O)N1CCCS1(=O)=O. The quantitative estimate of drug-likeness (QED) is 0.831. The monoisotopic (exact) mass is 334 g/mol. The number of halogens is 1. The summed E-state index contributed by atoms with van der Waals surface area (Å²) in [6.07, 6.45) is 2.30. The van der Waals surface area contributed by atoms with E-state index in [1.54, 1.807) is 16.8 Å². The zero-order valence-corrected chi connectivity index (χ0v) is 12.7. The van der Waals surface area contributed by atoms with E-state index >= 15 is 0 Å². The van der Waals surface area contributed by atoms with Crippen LogP contribution in [0.3, 0.4) is 0 Å². The fraction of sp³-hybridized carbons (Fsp3) is 0.545. The fourth-order valence-electron chi connectivity index (χ4n) is 2.04. The molecular weight excluding hydrogens is 320 g/mol. The molecule has 0 saturated carbocycles. The van der Waals surface area contributed by atoms with E-state index < -0.39 is 15.9 Å². The number of carbonyl (C=O) groups is 1. The minimum absolute atomic E-state index is 0.0578. The maximum atomic E-state index is 12.3. The third kappa shape index (κ3) is 2.33. The van der Waals surface area contributed by atoms with Crippen molar-refractivity contribution in [1.82, 2.24) is 8.87 Å².